The lowest BCUT2D eigenvalue weighted by Crippen LogP contribution is -2.25. The van der Waals surface area contributed by atoms with Gasteiger partial charge >= 0.3 is 0 Å². The van der Waals surface area contributed by atoms with Crippen molar-refractivity contribution < 1.29 is 9.53 Å². The molecule has 0 bridgehead atoms. The van der Waals surface area contributed by atoms with Gasteiger partial charge in [0.25, 0.3) is 5.91 Å². The van der Waals surface area contributed by atoms with Gasteiger partial charge in [-0.3, -0.25) is 4.79 Å². The molecule has 4 rings (SSSR count). The van der Waals surface area contributed by atoms with E-state index in [-0.39, 0.29) is 12.0 Å². The van der Waals surface area contributed by atoms with Crippen LogP contribution < -0.4 is 15.0 Å². The number of rotatable bonds is 5. The first-order valence-electron chi connectivity index (χ1n) is 9.93. The first-order chi connectivity index (χ1) is 14.0. The molecule has 29 heavy (non-hydrogen) atoms. The number of ether oxygens (including phenoxy) is 1. The Morgan fingerprint density at radius 1 is 1.14 bits per heavy atom. The van der Waals surface area contributed by atoms with Crippen molar-refractivity contribution in [1.82, 2.24) is 4.98 Å². The largest absolute Gasteiger partial charge is 0.489 e. The second-order valence-electron chi connectivity index (χ2n) is 7.57. The summed E-state index contributed by atoms with van der Waals surface area (Å²) in [5.41, 5.74) is 3.67. The summed E-state index contributed by atoms with van der Waals surface area (Å²) in [5.74, 6) is 1.25. The summed E-state index contributed by atoms with van der Waals surface area (Å²) in [6.07, 6.45) is 2.68. The van der Waals surface area contributed by atoms with Gasteiger partial charge < -0.3 is 15.0 Å². The molecule has 1 aliphatic rings. The number of amides is 1. The van der Waals surface area contributed by atoms with Gasteiger partial charge in [-0.1, -0.05) is 30.3 Å². The summed E-state index contributed by atoms with van der Waals surface area (Å²) >= 11 is 0. The monoisotopic (exact) mass is 387 g/mol. The number of hydrogen-bond donors (Lipinski definition) is 1. The van der Waals surface area contributed by atoms with Gasteiger partial charge in [0, 0.05) is 23.5 Å². The molecule has 0 aliphatic carbocycles. The standard InChI is InChI=1S/C24H25N3O2/c1-16(2)29-22-11-7-5-9-20(22)26-24(28)19-12-13-25-23(15-19)27-17(3)14-18-8-4-6-10-21(18)27/h4-13,15-17H,14H2,1-3H3,(H,26,28). The fourth-order valence-electron chi connectivity index (χ4n) is 3.73. The molecule has 0 saturated carbocycles. The van der Waals surface area contributed by atoms with Gasteiger partial charge in [0.2, 0.25) is 0 Å². The number of pyridine rings is 1. The zero-order valence-corrected chi connectivity index (χ0v) is 16.9. The summed E-state index contributed by atoms with van der Waals surface area (Å²) in [4.78, 5) is 19.7. The third-order valence-electron chi connectivity index (χ3n) is 4.96. The van der Waals surface area contributed by atoms with Crippen LogP contribution in [-0.2, 0) is 6.42 Å². The van der Waals surface area contributed by atoms with Gasteiger partial charge in [-0.05, 0) is 63.1 Å². The molecule has 2 aromatic carbocycles. The molecule has 1 N–H and O–H groups in total. The zero-order valence-electron chi connectivity index (χ0n) is 16.9. The molecular weight excluding hydrogens is 362 g/mol. The lowest BCUT2D eigenvalue weighted by Gasteiger charge is -2.24. The van der Waals surface area contributed by atoms with E-state index in [9.17, 15) is 4.79 Å². The number of nitrogens with zero attached hydrogens (tertiary/aromatic N) is 2. The molecule has 0 radical (unpaired) electrons. The molecule has 5 nitrogen and oxygen atoms in total. The minimum atomic E-state index is -0.186. The highest BCUT2D eigenvalue weighted by atomic mass is 16.5. The number of nitrogens with one attached hydrogen (secondary N) is 1. The molecular formula is C24H25N3O2. The fourth-order valence-corrected chi connectivity index (χ4v) is 3.73. The maximum Gasteiger partial charge on any atom is 0.255 e. The quantitative estimate of drug-likeness (QED) is 0.653. The number of carbonyl (C=O) groups is 1. The molecule has 1 atom stereocenters. The Balaban J connectivity index is 1.59. The topological polar surface area (TPSA) is 54.5 Å². The summed E-state index contributed by atoms with van der Waals surface area (Å²) < 4.78 is 5.80. The van der Waals surface area contributed by atoms with Crippen molar-refractivity contribution in [3.05, 3.63) is 78.0 Å². The van der Waals surface area contributed by atoms with Crippen LogP contribution >= 0.6 is 0 Å². The Morgan fingerprint density at radius 2 is 1.90 bits per heavy atom. The SMILES string of the molecule is CC(C)Oc1ccccc1NC(=O)c1ccnc(N2c3ccccc3CC2C)c1. The van der Waals surface area contributed by atoms with Crippen LogP contribution in [0.5, 0.6) is 5.75 Å². The highest BCUT2D eigenvalue weighted by Gasteiger charge is 2.28. The minimum absolute atomic E-state index is 0.0253. The first kappa shape index (κ1) is 19.0. The van der Waals surface area contributed by atoms with E-state index in [1.165, 1.54) is 5.56 Å². The Kier molecular flexibility index (Phi) is 5.21. The highest BCUT2D eigenvalue weighted by Crippen LogP contribution is 2.37. The molecule has 2 heterocycles. The maximum absolute atomic E-state index is 12.9. The number of hydrogen-bond acceptors (Lipinski definition) is 4. The van der Waals surface area contributed by atoms with E-state index in [0.29, 0.717) is 23.0 Å². The lowest BCUT2D eigenvalue weighted by molar-refractivity contribution is 0.102. The van der Waals surface area contributed by atoms with Crippen molar-refractivity contribution in [2.75, 3.05) is 10.2 Å². The van der Waals surface area contributed by atoms with Crippen LogP contribution in [0.3, 0.4) is 0 Å². The summed E-state index contributed by atoms with van der Waals surface area (Å²) in [6, 6.07) is 19.7. The van der Waals surface area contributed by atoms with E-state index in [4.69, 9.17) is 4.74 Å². The van der Waals surface area contributed by atoms with Crippen molar-refractivity contribution in [2.24, 2.45) is 0 Å². The van der Waals surface area contributed by atoms with Crippen molar-refractivity contribution in [3.8, 4) is 5.75 Å². The van der Waals surface area contributed by atoms with E-state index in [0.717, 1.165) is 17.9 Å². The predicted octanol–water partition coefficient (Wildman–Crippen LogP) is 5.20. The Morgan fingerprint density at radius 3 is 2.72 bits per heavy atom. The third kappa shape index (κ3) is 3.94. The molecule has 148 valence electrons. The lowest BCUT2D eigenvalue weighted by atomic mass is 10.1. The van der Waals surface area contributed by atoms with Crippen LogP contribution in [0.1, 0.15) is 36.7 Å². The van der Waals surface area contributed by atoms with E-state index in [1.54, 1.807) is 12.3 Å². The number of para-hydroxylation sites is 3. The van der Waals surface area contributed by atoms with E-state index in [2.05, 4.69) is 40.3 Å². The predicted molar refractivity (Wildman–Crippen MR) is 116 cm³/mol. The fraction of sp³-hybridized carbons (Fsp3) is 0.250. The number of aromatic nitrogens is 1. The zero-order chi connectivity index (χ0) is 20.4. The number of carbonyl (C=O) groups excluding carboxylic acids is 1. The van der Waals surface area contributed by atoms with Crippen LogP contribution in [0, 0.1) is 0 Å². The number of anilines is 3. The van der Waals surface area contributed by atoms with Crippen LogP contribution in [0.2, 0.25) is 0 Å². The molecule has 1 aliphatic heterocycles. The summed E-state index contributed by atoms with van der Waals surface area (Å²) in [6.45, 7) is 6.10. The van der Waals surface area contributed by atoms with Gasteiger partial charge in [0.05, 0.1) is 11.8 Å². The van der Waals surface area contributed by atoms with Crippen molar-refractivity contribution in [3.63, 3.8) is 0 Å². The highest BCUT2D eigenvalue weighted by molar-refractivity contribution is 6.05. The van der Waals surface area contributed by atoms with Crippen molar-refractivity contribution >= 4 is 23.1 Å². The summed E-state index contributed by atoms with van der Waals surface area (Å²) in [5, 5.41) is 2.97. The number of benzene rings is 2. The average Bonchev–Trinajstić information content (AvgIpc) is 3.05. The van der Waals surface area contributed by atoms with Gasteiger partial charge in [-0.2, -0.15) is 0 Å². The third-order valence-corrected chi connectivity index (χ3v) is 4.96. The number of fused-ring (bicyclic) bond motifs is 1. The second-order valence-corrected chi connectivity index (χ2v) is 7.57. The van der Waals surface area contributed by atoms with Gasteiger partial charge in [0.15, 0.2) is 0 Å². The Bertz CT molecular complexity index is 1030. The maximum atomic E-state index is 12.9. The molecule has 5 heteroatoms. The van der Waals surface area contributed by atoms with Gasteiger partial charge in [-0.25, -0.2) is 4.98 Å². The molecule has 0 saturated heterocycles. The van der Waals surface area contributed by atoms with Crippen molar-refractivity contribution in [2.45, 2.75) is 39.3 Å². The van der Waals surface area contributed by atoms with Crippen LogP contribution in [0.4, 0.5) is 17.2 Å². The van der Waals surface area contributed by atoms with Gasteiger partial charge in [-0.15, -0.1) is 0 Å². The van der Waals surface area contributed by atoms with E-state index >= 15 is 0 Å². The Labute approximate surface area is 171 Å². The molecule has 1 aromatic heterocycles. The van der Waals surface area contributed by atoms with E-state index < -0.39 is 0 Å². The van der Waals surface area contributed by atoms with Crippen LogP contribution in [0.15, 0.2) is 66.9 Å². The molecule has 0 spiro atoms. The molecule has 0 fully saturated rings. The average molecular weight is 387 g/mol. The van der Waals surface area contributed by atoms with Gasteiger partial charge in [0.1, 0.15) is 11.6 Å². The normalized spacial score (nSPS) is 15.3. The van der Waals surface area contributed by atoms with Crippen LogP contribution in [-0.4, -0.2) is 23.0 Å². The molecule has 1 unspecified atom stereocenters. The first-order valence-corrected chi connectivity index (χ1v) is 9.93. The second kappa shape index (κ2) is 7.95. The molecule has 1 amide bonds. The molecule has 3 aromatic rings. The Hall–Kier alpha value is -3.34. The minimum Gasteiger partial charge on any atom is -0.489 e. The van der Waals surface area contributed by atoms with Crippen LogP contribution in [0.25, 0.3) is 0 Å². The smallest absolute Gasteiger partial charge is 0.255 e. The van der Waals surface area contributed by atoms with E-state index in [1.807, 2.05) is 50.2 Å². The summed E-state index contributed by atoms with van der Waals surface area (Å²) in [7, 11) is 0. The van der Waals surface area contributed by atoms with Crippen molar-refractivity contribution in [1.29, 1.82) is 0 Å².